The summed E-state index contributed by atoms with van der Waals surface area (Å²) in [4.78, 5) is 13.6. The van der Waals surface area contributed by atoms with Crippen molar-refractivity contribution in [1.29, 1.82) is 0 Å². The molecular formula is C15H25N3O2. The molecule has 0 amide bonds. The smallest absolute Gasteiger partial charge is 0.321 e. The quantitative estimate of drug-likeness (QED) is 0.919. The molecule has 1 aliphatic rings. The molecule has 2 rings (SSSR count). The van der Waals surface area contributed by atoms with Crippen molar-refractivity contribution in [3.63, 3.8) is 0 Å². The lowest BCUT2D eigenvalue weighted by molar-refractivity contribution is -0.147. The molecule has 0 saturated carbocycles. The molecule has 1 fully saturated rings. The van der Waals surface area contributed by atoms with Crippen LogP contribution in [0.3, 0.4) is 0 Å². The van der Waals surface area contributed by atoms with Crippen LogP contribution in [0.4, 0.5) is 0 Å². The molecule has 1 aromatic rings. The Morgan fingerprint density at radius 3 is 2.80 bits per heavy atom. The van der Waals surface area contributed by atoms with Gasteiger partial charge >= 0.3 is 5.97 Å². The number of carboxylic acid groups (broad SMARTS) is 1. The van der Waals surface area contributed by atoms with Gasteiger partial charge in [-0.2, -0.15) is 5.10 Å². The summed E-state index contributed by atoms with van der Waals surface area (Å²) in [7, 11) is 0. The number of hydrogen-bond acceptors (Lipinski definition) is 3. The minimum Gasteiger partial charge on any atom is -0.480 e. The van der Waals surface area contributed by atoms with Crippen molar-refractivity contribution < 1.29 is 9.90 Å². The maximum absolute atomic E-state index is 11.5. The molecular weight excluding hydrogens is 254 g/mol. The third-order valence-corrected chi connectivity index (χ3v) is 4.21. The number of carboxylic acids is 1. The van der Waals surface area contributed by atoms with Gasteiger partial charge in [0.1, 0.15) is 6.04 Å². The van der Waals surface area contributed by atoms with Crippen molar-refractivity contribution in [2.45, 2.75) is 59.2 Å². The van der Waals surface area contributed by atoms with E-state index in [1.54, 1.807) is 0 Å². The van der Waals surface area contributed by atoms with Gasteiger partial charge in [0, 0.05) is 24.3 Å². The van der Waals surface area contributed by atoms with Crippen molar-refractivity contribution in [2.24, 2.45) is 5.92 Å². The van der Waals surface area contributed by atoms with Gasteiger partial charge in [0.15, 0.2) is 0 Å². The number of carbonyl (C=O) groups is 1. The van der Waals surface area contributed by atoms with Crippen LogP contribution >= 0.6 is 0 Å². The Morgan fingerprint density at radius 1 is 1.55 bits per heavy atom. The highest BCUT2D eigenvalue weighted by atomic mass is 16.4. The predicted octanol–water partition coefficient (Wildman–Crippen LogP) is 2.46. The van der Waals surface area contributed by atoms with Crippen molar-refractivity contribution in [1.82, 2.24) is 14.7 Å². The van der Waals surface area contributed by atoms with Gasteiger partial charge in [-0.25, -0.2) is 0 Å². The molecule has 1 aliphatic heterocycles. The second-order valence-electron chi connectivity index (χ2n) is 6.19. The predicted molar refractivity (Wildman–Crippen MR) is 77.6 cm³/mol. The zero-order valence-corrected chi connectivity index (χ0v) is 12.8. The third-order valence-electron chi connectivity index (χ3n) is 4.21. The number of rotatable bonds is 4. The van der Waals surface area contributed by atoms with Crippen LogP contribution in [-0.2, 0) is 11.3 Å². The highest BCUT2D eigenvalue weighted by Gasteiger charge is 2.34. The van der Waals surface area contributed by atoms with E-state index in [0.29, 0.717) is 12.6 Å². The van der Waals surface area contributed by atoms with Crippen LogP contribution in [0, 0.1) is 12.8 Å². The summed E-state index contributed by atoms with van der Waals surface area (Å²) in [6, 6.07) is -0.0384. The Bertz CT molecular complexity index is 481. The lowest BCUT2D eigenvalue weighted by Gasteiger charge is -2.37. The molecule has 20 heavy (non-hydrogen) atoms. The summed E-state index contributed by atoms with van der Waals surface area (Å²) in [5, 5.41) is 14.0. The molecule has 1 saturated heterocycles. The SMILES string of the molecule is Cc1nn(C(C)C)cc1CN1CCCC(C)C1C(=O)O. The molecule has 1 aromatic heterocycles. The monoisotopic (exact) mass is 279 g/mol. The Labute approximate surface area is 120 Å². The van der Waals surface area contributed by atoms with Crippen molar-refractivity contribution in [3.8, 4) is 0 Å². The van der Waals surface area contributed by atoms with Crippen molar-refractivity contribution >= 4 is 5.97 Å². The van der Waals surface area contributed by atoms with E-state index in [-0.39, 0.29) is 12.0 Å². The Kier molecular flexibility index (Phi) is 4.48. The molecule has 2 unspecified atom stereocenters. The summed E-state index contributed by atoms with van der Waals surface area (Å²) in [6.07, 6.45) is 4.12. The number of nitrogens with zero attached hydrogens (tertiary/aromatic N) is 3. The molecule has 0 spiro atoms. The van der Waals surface area contributed by atoms with E-state index in [1.807, 2.05) is 18.5 Å². The minimum atomic E-state index is -0.703. The van der Waals surface area contributed by atoms with E-state index >= 15 is 0 Å². The van der Waals surface area contributed by atoms with Crippen LogP contribution in [0.5, 0.6) is 0 Å². The van der Waals surface area contributed by atoms with Gasteiger partial charge in [0.25, 0.3) is 0 Å². The average molecular weight is 279 g/mol. The van der Waals surface area contributed by atoms with E-state index < -0.39 is 5.97 Å². The Morgan fingerprint density at radius 2 is 2.25 bits per heavy atom. The van der Waals surface area contributed by atoms with Crippen LogP contribution in [0.25, 0.3) is 0 Å². The molecule has 112 valence electrons. The summed E-state index contributed by atoms with van der Waals surface area (Å²) in [5.41, 5.74) is 2.14. The lowest BCUT2D eigenvalue weighted by atomic mass is 9.90. The van der Waals surface area contributed by atoms with Crippen LogP contribution < -0.4 is 0 Å². The maximum atomic E-state index is 11.5. The number of aryl methyl sites for hydroxylation is 1. The number of aliphatic carboxylic acids is 1. The van der Waals surface area contributed by atoms with Crippen LogP contribution in [0.2, 0.25) is 0 Å². The average Bonchev–Trinajstić information content (AvgIpc) is 2.71. The third kappa shape index (κ3) is 3.03. The number of piperidine rings is 1. The van der Waals surface area contributed by atoms with Crippen LogP contribution in [0.1, 0.15) is 50.9 Å². The van der Waals surface area contributed by atoms with Crippen molar-refractivity contribution in [2.75, 3.05) is 6.54 Å². The van der Waals surface area contributed by atoms with Gasteiger partial charge in [0.05, 0.1) is 5.69 Å². The zero-order valence-electron chi connectivity index (χ0n) is 12.8. The van der Waals surface area contributed by atoms with Crippen LogP contribution in [-0.4, -0.2) is 38.3 Å². The number of aromatic nitrogens is 2. The normalized spacial score (nSPS) is 24.2. The number of likely N-dealkylation sites (tertiary alicyclic amines) is 1. The van der Waals surface area contributed by atoms with Gasteiger partial charge in [-0.15, -0.1) is 0 Å². The second-order valence-corrected chi connectivity index (χ2v) is 6.19. The van der Waals surface area contributed by atoms with Gasteiger partial charge < -0.3 is 5.11 Å². The fourth-order valence-electron chi connectivity index (χ4n) is 3.01. The van der Waals surface area contributed by atoms with E-state index in [2.05, 4.69) is 30.0 Å². The fraction of sp³-hybridized carbons (Fsp3) is 0.733. The molecule has 0 radical (unpaired) electrons. The number of hydrogen-bond donors (Lipinski definition) is 1. The largest absolute Gasteiger partial charge is 0.480 e. The molecule has 2 heterocycles. The molecule has 5 heteroatoms. The summed E-state index contributed by atoms with van der Waals surface area (Å²) >= 11 is 0. The van der Waals surface area contributed by atoms with Crippen LogP contribution in [0.15, 0.2) is 6.20 Å². The highest BCUT2D eigenvalue weighted by Crippen LogP contribution is 2.26. The second kappa shape index (κ2) is 5.95. The van der Waals surface area contributed by atoms with Gasteiger partial charge in [-0.3, -0.25) is 14.4 Å². The first-order valence-corrected chi connectivity index (χ1v) is 7.41. The Balaban J connectivity index is 2.17. The molecule has 0 aromatic carbocycles. The highest BCUT2D eigenvalue weighted by molar-refractivity contribution is 5.74. The summed E-state index contributed by atoms with van der Waals surface area (Å²) in [5.74, 6) is -0.493. The molecule has 0 bridgehead atoms. The molecule has 0 aliphatic carbocycles. The van der Waals surface area contributed by atoms with E-state index in [9.17, 15) is 9.90 Å². The zero-order chi connectivity index (χ0) is 14.9. The fourth-order valence-corrected chi connectivity index (χ4v) is 3.01. The lowest BCUT2D eigenvalue weighted by Crippen LogP contribution is -2.48. The first-order chi connectivity index (χ1) is 9.40. The minimum absolute atomic E-state index is 0.210. The topological polar surface area (TPSA) is 58.4 Å². The van der Waals surface area contributed by atoms with Gasteiger partial charge in [-0.1, -0.05) is 6.92 Å². The van der Waals surface area contributed by atoms with Gasteiger partial charge in [-0.05, 0) is 46.1 Å². The summed E-state index contributed by atoms with van der Waals surface area (Å²) < 4.78 is 1.95. The Hall–Kier alpha value is -1.36. The summed E-state index contributed by atoms with van der Waals surface area (Å²) in [6.45, 7) is 9.76. The van der Waals surface area contributed by atoms with E-state index in [1.165, 1.54) is 0 Å². The molecule has 2 atom stereocenters. The first kappa shape index (κ1) is 15.0. The maximum Gasteiger partial charge on any atom is 0.321 e. The first-order valence-electron chi connectivity index (χ1n) is 7.41. The molecule has 5 nitrogen and oxygen atoms in total. The van der Waals surface area contributed by atoms with E-state index in [4.69, 9.17) is 0 Å². The standard InChI is InChI=1S/C15H25N3O2/c1-10(2)18-9-13(12(4)16-18)8-17-7-5-6-11(3)14(17)15(19)20/h9-11,14H,5-8H2,1-4H3,(H,19,20). The van der Waals surface area contributed by atoms with Crippen molar-refractivity contribution in [3.05, 3.63) is 17.5 Å². The van der Waals surface area contributed by atoms with Gasteiger partial charge in [0.2, 0.25) is 0 Å². The molecule has 1 N–H and O–H groups in total. The van der Waals surface area contributed by atoms with E-state index in [0.717, 1.165) is 30.6 Å².